The van der Waals surface area contributed by atoms with Crippen LogP contribution in [0.2, 0.25) is 0 Å². The van der Waals surface area contributed by atoms with Gasteiger partial charge in [-0.2, -0.15) is 0 Å². The molecule has 0 heterocycles. The Balaban J connectivity index is 1.66. The van der Waals surface area contributed by atoms with Crippen molar-refractivity contribution in [1.29, 1.82) is 0 Å². The summed E-state index contributed by atoms with van der Waals surface area (Å²) in [6.45, 7) is 27.6. The molecule has 2 aliphatic carbocycles. The standard InChI is InChI=1S/C41H69N/c1-10-16-37-23-27-39(28-24-37)35(5)20-14-31-42(41(7,8)9)32-15-21-36(6)40-29-25-38(26-30-40)22-12-11-18-34(4)19-13-17-33(2)3/h17-18,23,25,39-40H,5-6,10-16,19-22,24,26-32H2,1-4,7-9H3/b34-18+. The minimum Gasteiger partial charge on any atom is -0.298 e. The molecule has 1 heteroatoms. The van der Waals surface area contributed by atoms with E-state index < -0.39 is 0 Å². The first kappa shape index (κ1) is 36.6. The number of allylic oxidation sites excluding steroid dienone is 10. The van der Waals surface area contributed by atoms with Crippen LogP contribution in [-0.4, -0.2) is 23.5 Å². The zero-order valence-electron chi connectivity index (χ0n) is 29.3. The summed E-state index contributed by atoms with van der Waals surface area (Å²) >= 11 is 0. The molecule has 0 aromatic heterocycles. The summed E-state index contributed by atoms with van der Waals surface area (Å²) in [5.74, 6) is 1.41. The van der Waals surface area contributed by atoms with Gasteiger partial charge in [0.15, 0.2) is 0 Å². The monoisotopic (exact) mass is 576 g/mol. The third-order valence-electron chi connectivity index (χ3n) is 9.82. The Morgan fingerprint density at radius 2 is 1.33 bits per heavy atom. The molecule has 0 radical (unpaired) electrons. The molecule has 0 aliphatic heterocycles. The minimum atomic E-state index is 0.215. The molecule has 2 atom stereocenters. The van der Waals surface area contributed by atoms with E-state index in [0.717, 1.165) is 0 Å². The van der Waals surface area contributed by atoms with Gasteiger partial charge in [-0.1, -0.05) is 84.2 Å². The number of hydrogen-bond acceptors (Lipinski definition) is 1. The van der Waals surface area contributed by atoms with E-state index in [9.17, 15) is 0 Å². The Bertz CT molecular complexity index is 942. The second-order valence-electron chi connectivity index (χ2n) is 14.9. The van der Waals surface area contributed by atoms with E-state index in [2.05, 4.69) is 90.8 Å². The van der Waals surface area contributed by atoms with Crippen LogP contribution in [0.4, 0.5) is 0 Å². The van der Waals surface area contributed by atoms with E-state index in [-0.39, 0.29) is 5.54 Å². The molecule has 0 N–H and O–H groups in total. The van der Waals surface area contributed by atoms with Crippen LogP contribution in [0.1, 0.15) is 158 Å². The summed E-state index contributed by atoms with van der Waals surface area (Å²) in [5, 5.41) is 0. The molecule has 2 unspecified atom stereocenters. The summed E-state index contributed by atoms with van der Waals surface area (Å²) in [5.41, 5.74) is 9.57. The van der Waals surface area contributed by atoms with Crippen LogP contribution in [0.25, 0.3) is 0 Å². The highest BCUT2D eigenvalue weighted by Gasteiger charge is 2.23. The Morgan fingerprint density at radius 1 is 0.786 bits per heavy atom. The second-order valence-corrected chi connectivity index (χ2v) is 14.9. The highest BCUT2D eigenvalue weighted by molar-refractivity contribution is 5.15. The lowest BCUT2D eigenvalue weighted by atomic mass is 9.82. The molecule has 0 fully saturated rings. The van der Waals surface area contributed by atoms with Crippen molar-refractivity contribution < 1.29 is 0 Å². The van der Waals surface area contributed by atoms with Gasteiger partial charge in [0, 0.05) is 5.54 Å². The molecule has 2 aliphatic rings. The van der Waals surface area contributed by atoms with Gasteiger partial charge < -0.3 is 0 Å². The molecule has 0 aromatic rings. The molecule has 0 bridgehead atoms. The first-order chi connectivity index (χ1) is 20.0. The summed E-state index contributed by atoms with van der Waals surface area (Å²) < 4.78 is 0. The highest BCUT2D eigenvalue weighted by atomic mass is 15.2. The Labute approximate surface area is 263 Å². The first-order valence-electron chi connectivity index (χ1n) is 17.7. The summed E-state index contributed by atoms with van der Waals surface area (Å²) in [7, 11) is 0. The van der Waals surface area contributed by atoms with Crippen LogP contribution in [0.5, 0.6) is 0 Å². The average molecular weight is 576 g/mol. The van der Waals surface area contributed by atoms with Gasteiger partial charge in [-0.3, -0.25) is 4.90 Å². The Kier molecular flexibility index (Phi) is 17.1. The molecule has 42 heavy (non-hydrogen) atoms. The van der Waals surface area contributed by atoms with Crippen LogP contribution < -0.4 is 0 Å². The van der Waals surface area contributed by atoms with Gasteiger partial charge in [0.2, 0.25) is 0 Å². The number of hydrogen-bond donors (Lipinski definition) is 0. The third kappa shape index (κ3) is 14.7. The van der Waals surface area contributed by atoms with Crippen LogP contribution in [0.3, 0.4) is 0 Å². The van der Waals surface area contributed by atoms with Crippen LogP contribution in [0.15, 0.2) is 70.9 Å². The van der Waals surface area contributed by atoms with Gasteiger partial charge >= 0.3 is 0 Å². The first-order valence-corrected chi connectivity index (χ1v) is 17.7. The fourth-order valence-electron chi connectivity index (χ4n) is 6.85. The molecule has 0 amide bonds. The lowest BCUT2D eigenvalue weighted by Crippen LogP contribution is -2.42. The number of unbranched alkanes of at least 4 members (excludes halogenated alkanes) is 1. The largest absolute Gasteiger partial charge is 0.298 e. The quantitative estimate of drug-likeness (QED) is 0.109. The lowest BCUT2D eigenvalue weighted by molar-refractivity contribution is 0.132. The van der Waals surface area contributed by atoms with Crippen molar-refractivity contribution in [2.24, 2.45) is 11.8 Å². The maximum absolute atomic E-state index is 4.57. The zero-order chi connectivity index (χ0) is 31.0. The Morgan fingerprint density at radius 3 is 1.79 bits per heavy atom. The van der Waals surface area contributed by atoms with Gasteiger partial charge in [0.25, 0.3) is 0 Å². The molecule has 0 aromatic carbocycles. The lowest BCUT2D eigenvalue weighted by Gasteiger charge is -2.36. The normalized spacial score (nSPS) is 19.9. The number of nitrogens with zero attached hydrogens (tertiary/aromatic N) is 1. The summed E-state index contributed by atoms with van der Waals surface area (Å²) in [6, 6.07) is 0. The summed E-state index contributed by atoms with van der Waals surface area (Å²) in [4.78, 5) is 2.71. The molecule has 238 valence electrons. The van der Waals surface area contributed by atoms with E-state index in [1.54, 1.807) is 16.7 Å². The fourth-order valence-corrected chi connectivity index (χ4v) is 6.85. The summed E-state index contributed by atoms with van der Waals surface area (Å²) in [6.07, 6.45) is 31.2. The van der Waals surface area contributed by atoms with Gasteiger partial charge in [0.1, 0.15) is 0 Å². The van der Waals surface area contributed by atoms with Gasteiger partial charge in [-0.25, -0.2) is 0 Å². The zero-order valence-corrected chi connectivity index (χ0v) is 29.3. The molecule has 0 spiro atoms. The van der Waals surface area contributed by atoms with E-state index in [1.807, 2.05) is 0 Å². The predicted octanol–water partition coefficient (Wildman–Crippen LogP) is 12.9. The third-order valence-corrected chi connectivity index (χ3v) is 9.82. The van der Waals surface area contributed by atoms with Crippen LogP contribution >= 0.6 is 0 Å². The SMILES string of the molecule is C=C(CCCN(CCCC(=C)C1CC=C(CCC/C=C(\C)CCC=C(C)C)CC1)C(C)(C)C)C1CC=C(CCC)CC1. The van der Waals surface area contributed by atoms with E-state index in [1.165, 1.54) is 139 Å². The molecule has 0 saturated heterocycles. The average Bonchev–Trinajstić information content (AvgIpc) is 2.94. The fraction of sp³-hybridized carbons (Fsp3) is 0.707. The van der Waals surface area contributed by atoms with E-state index >= 15 is 0 Å². The minimum absolute atomic E-state index is 0.215. The van der Waals surface area contributed by atoms with E-state index in [0.29, 0.717) is 11.8 Å². The smallest absolute Gasteiger partial charge is 0.0125 e. The molecule has 1 nitrogen and oxygen atoms in total. The molecular weight excluding hydrogens is 506 g/mol. The number of rotatable bonds is 19. The highest BCUT2D eigenvalue weighted by Crippen LogP contribution is 2.34. The predicted molar refractivity (Wildman–Crippen MR) is 190 cm³/mol. The van der Waals surface area contributed by atoms with Crippen molar-refractivity contribution in [3.05, 3.63) is 70.9 Å². The van der Waals surface area contributed by atoms with Crippen molar-refractivity contribution in [2.45, 2.75) is 163 Å². The molecule has 0 saturated carbocycles. The van der Waals surface area contributed by atoms with Gasteiger partial charge in [-0.05, 0) is 169 Å². The maximum atomic E-state index is 4.57. The van der Waals surface area contributed by atoms with E-state index in [4.69, 9.17) is 0 Å². The van der Waals surface area contributed by atoms with Gasteiger partial charge in [-0.15, -0.1) is 0 Å². The van der Waals surface area contributed by atoms with Crippen LogP contribution in [-0.2, 0) is 0 Å². The van der Waals surface area contributed by atoms with Crippen molar-refractivity contribution in [3.8, 4) is 0 Å². The van der Waals surface area contributed by atoms with Crippen LogP contribution in [0, 0.1) is 11.8 Å². The van der Waals surface area contributed by atoms with Crippen molar-refractivity contribution in [3.63, 3.8) is 0 Å². The second kappa shape index (κ2) is 19.6. The van der Waals surface area contributed by atoms with Crippen molar-refractivity contribution >= 4 is 0 Å². The Hall–Kier alpha value is -1.60. The van der Waals surface area contributed by atoms with Crippen molar-refractivity contribution in [1.82, 2.24) is 4.90 Å². The maximum Gasteiger partial charge on any atom is 0.0125 e. The molecule has 2 rings (SSSR count). The topological polar surface area (TPSA) is 3.24 Å². The van der Waals surface area contributed by atoms with Gasteiger partial charge in [0.05, 0.1) is 0 Å². The molecular formula is C41H69N. The van der Waals surface area contributed by atoms with Crippen molar-refractivity contribution in [2.75, 3.05) is 13.1 Å².